The van der Waals surface area contributed by atoms with E-state index in [0.717, 1.165) is 10.7 Å². The molecule has 3 rings (SSSR count). The lowest BCUT2D eigenvalue weighted by Gasteiger charge is -2.15. The number of urea groups is 1. The Bertz CT molecular complexity index is 836. The summed E-state index contributed by atoms with van der Waals surface area (Å²) in [5, 5.41) is 15.3. The summed E-state index contributed by atoms with van der Waals surface area (Å²) in [6.07, 6.45) is -1.79. The van der Waals surface area contributed by atoms with Crippen LogP contribution in [0.2, 0.25) is 0 Å². The zero-order valence-corrected chi connectivity index (χ0v) is 13.3. The van der Waals surface area contributed by atoms with E-state index in [2.05, 4.69) is 15.4 Å². The molecule has 0 aromatic carbocycles. The third-order valence-electron chi connectivity index (χ3n) is 3.96. The number of nitrogens with one attached hydrogen (secondary N) is 1. The van der Waals surface area contributed by atoms with Crippen LogP contribution in [-0.2, 0) is 11.0 Å². The predicted molar refractivity (Wildman–Crippen MR) is 82.7 cm³/mol. The van der Waals surface area contributed by atoms with E-state index in [1.807, 2.05) is 0 Å². The number of carbonyl (C=O) groups is 2. The van der Waals surface area contributed by atoms with E-state index < -0.39 is 35.5 Å². The maximum absolute atomic E-state index is 13.1. The van der Waals surface area contributed by atoms with Gasteiger partial charge in [-0.15, -0.1) is 5.10 Å². The van der Waals surface area contributed by atoms with Crippen molar-refractivity contribution in [2.45, 2.75) is 12.6 Å². The molecule has 0 radical (unpaired) electrons. The molecule has 2 N–H and O–H groups in total. The Hall–Kier alpha value is -3.11. The van der Waals surface area contributed by atoms with Crippen LogP contribution >= 0.6 is 0 Å². The second kappa shape index (κ2) is 6.65. The molecule has 1 saturated heterocycles. The molecule has 8 nitrogen and oxygen atoms in total. The van der Waals surface area contributed by atoms with Gasteiger partial charge in [0.1, 0.15) is 5.56 Å². The zero-order valence-electron chi connectivity index (χ0n) is 13.3. The van der Waals surface area contributed by atoms with Gasteiger partial charge < -0.3 is 10.0 Å². The highest BCUT2D eigenvalue weighted by Crippen LogP contribution is 2.32. The highest BCUT2D eigenvalue weighted by Gasteiger charge is 2.35. The largest absolute Gasteiger partial charge is 0.481 e. The van der Waals surface area contributed by atoms with Crippen molar-refractivity contribution >= 4 is 17.8 Å². The SMILES string of the molecule is O=C(O)C1CCN(C(=O)Nc2ccn(-c3ncccc3C(F)(F)F)n2)C1. The van der Waals surface area contributed by atoms with Crippen LogP contribution in [0.3, 0.4) is 0 Å². The van der Waals surface area contributed by atoms with Gasteiger partial charge in [-0.05, 0) is 18.6 Å². The van der Waals surface area contributed by atoms with Gasteiger partial charge in [-0.2, -0.15) is 13.2 Å². The number of nitrogens with zero attached hydrogens (tertiary/aromatic N) is 4. The Morgan fingerprint density at radius 2 is 2.08 bits per heavy atom. The molecule has 1 atom stereocenters. The van der Waals surface area contributed by atoms with Gasteiger partial charge in [0.05, 0.1) is 5.92 Å². The summed E-state index contributed by atoms with van der Waals surface area (Å²) in [4.78, 5) is 28.1. The van der Waals surface area contributed by atoms with Gasteiger partial charge in [0.2, 0.25) is 0 Å². The van der Waals surface area contributed by atoms with Crippen molar-refractivity contribution in [1.82, 2.24) is 19.7 Å². The van der Waals surface area contributed by atoms with E-state index in [0.29, 0.717) is 6.42 Å². The van der Waals surface area contributed by atoms with Crippen molar-refractivity contribution in [2.24, 2.45) is 5.92 Å². The van der Waals surface area contributed by atoms with E-state index in [9.17, 15) is 22.8 Å². The van der Waals surface area contributed by atoms with Gasteiger partial charge in [-0.3, -0.25) is 10.1 Å². The molecule has 1 fully saturated rings. The molecule has 3 heterocycles. The topological polar surface area (TPSA) is 100 Å². The van der Waals surface area contributed by atoms with Crippen molar-refractivity contribution in [3.05, 3.63) is 36.2 Å². The third-order valence-corrected chi connectivity index (χ3v) is 3.96. The van der Waals surface area contributed by atoms with Crippen molar-refractivity contribution in [3.63, 3.8) is 0 Å². The van der Waals surface area contributed by atoms with E-state index in [1.54, 1.807) is 0 Å². The van der Waals surface area contributed by atoms with E-state index >= 15 is 0 Å². The molecule has 2 aromatic heterocycles. The number of amides is 2. The molecule has 0 aliphatic carbocycles. The molecule has 1 aliphatic rings. The number of aliphatic carboxylic acids is 1. The van der Waals surface area contributed by atoms with Crippen LogP contribution in [0, 0.1) is 5.92 Å². The number of carboxylic acids is 1. The first kappa shape index (κ1) is 17.7. The summed E-state index contributed by atoms with van der Waals surface area (Å²) in [5.74, 6) is -1.97. The summed E-state index contributed by atoms with van der Waals surface area (Å²) in [6.45, 7) is 0.350. The van der Waals surface area contributed by atoms with Crippen molar-refractivity contribution in [1.29, 1.82) is 0 Å². The standard InChI is InChI=1S/C15H14F3N5O3/c16-15(17,18)10-2-1-5-19-12(10)23-7-4-11(21-23)20-14(26)22-6-3-9(8-22)13(24)25/h1-2,4-5,7,9H,3,6,8H2,(H,24,25)(H,20,21,26). The number of rotatable bonds is 3. The fourth-order valence-electron chi connectivity index (χ4n) is 2.64. The summed E-state index contributed by atoms with van der Waals surface area (Å²) in [5.41, 5.74) is -0.954. The highest BCUT2D eigenvalue weighted by atomic mass is 19.4. The third kappa shape index (κ3) is 3.60. The van der Waals surface area contributed by atoms with Gasteiger partial charge >= 0.3 is 18.2 Å². The molecule has 138 valence electrons. The number of carbonyl (C=O) groups excluding carboxylic acids is 1. The van der Waals surface area contributed by atoms with Gasteiger partial charge in [0.15, 0.2) is 11.6 Å². The number of likely N-dealkylation sites (tertiary alicyclic amines) is 1. The average Bonchev–Trinajstić information content (AvgIpc) is 3.23. The average molecular weight is 369 g/mol. The van der Waals surface area contributed by atoms with Crippen LogP contribution in [0.5, 0.6) is 0 Å². The van der Waals surface area contributed by atoms with Crippen LogP contribution in [0.4, 0.5) is 23.8 Å². The number of carboxylic acid groups (broad SMARTS) is 1. The molecule has 0 bridgehead atoms. The zero-order chi connectivity index (χ0) is 18.9. The molecule has 0 spiro atoms. The number of pyridine rings is 1. The summed E-state index contributed by atoms with van der Waals surface area (Å²) >= 11 is 0. The van der Waals surface area contributed by atoms with Crippen molar-refractivity contribution in [2.75, 3.05) is 18.4 Å². The summed E-state index contributed by atoms with van der Waals surface area (Å²) in [6, 6.07) is 2.83. The molecule has 1 aliphatic heterocycles. The number of hydrogen-bond donors (Lipinski definition) is 2. The first-order chi connectivity index (χ1) is 12.3. The lowest BCUT2D eigenvalue weighted by atomic mass is 10.1. The van der Waals surface area contributed by atoms with E-state index in [-0.39, 0.29) is 18.9 Å². The molecule has 11 heteroatoms. The Morgan fingerprint density at radius 1 is 1.31 bits per heavy atom. The smallest absolute Gasteiger partial charge is 0.420 e. The number of halogens is 3. The van der Waals surface area contributed by atoms with Crippen molar-refractivity contribution in [3.8, 4) is 5.82 Å². The highest BCUT2D eigenvalue weighted by molar-refractivity contribution is 5.89. The van der Waals surface area contributed by atoms with Crippen LogP contribution < -0.4 is 5.32 Å². The molecule has 2 aromatic rings. The molecule has 2 amide bonds. The predicted octanol–water partition coefficient (Wildman–Crippen LogP) is 2.22. The first-order valence-electron chi connectivity index (χ1n) is 7.62. The molecule has 0 saturated carbocycles. The number of hydrogen-bond acceptors (Lipinski definition) is 4. The normalized spacial score (nSPS) is 17.3. The molecule has 26 heavy (non-hydrogen) atoms. The minimum atomic E-state index is -4.60. The van der Waals surface area contributed by atoms with Gasteiger partial charge in [-0.1, -0.05) is 0 Å². The van der Waals surface area contributed by atoms with Crippen LogP contribution in [-0.4, -0.2) is 49.9 Å². The lowest BCUT2D eigenvalue weighted by molar-refractivity contribution is -0.141. The van der Waals surface area contributed by atoms with Gasteiger partial charge in [0.25, 0.3) is 0 Å². The fourth-order valence-corrected chi connectivity index (χ4v) is 2.64. The first-order valence-corrected chi connectivity index (χ1v) is 7.62. The fraction of sp³-hybridized carbons (Fsp3) is 0.333. The number of anilines is 1. The minimum absolute atomic E-state index is 0.0348. The van der Waals surface area contributed by atoms with Crippen LogP contribution in [0.25, 0.3) is 5.82 Å². The lowest BCUT2D eigenvalue weighted by Crippen LogP contribution is -2.34. The molecular weight excluding hydrogens is 355 g/mol. The van der Waals surface area contributed by atoms with E-state index in [1.165, 1.54) is 29.4 Å². The Kier molecular flexibility index (Phi) is 4.53. The summed E-state index contributed by atoms with van der Waals surface area (Å²) in [7, 11) is 0. The molecular formula is C15H14F3N5O3. The van der Waals surface area contributed by atoms with Crippen molar-refractivity contribution < 1.29 is 27.9 Å². The van der Waals surface area contributed by atoms with E-state index in [4.69, 9.17) is 5.11 Å². The second-order valence-electron chi connectivity index (χ2n) is 5.72. The summed E-state index contributed by atoms with van der Waals surface area (Å²) < 4.78 is 40.1. The number of alkyl halides is 3. The quantitative estimate of drug-likeness (QED) is 0.864. The monoisotopic (exact) mass is 369 g/mol. The minimum Gasteiger partial charge on any atom is -0.481 e. The maximum Gasteiger partial charge on any atom is 0.420 e. The number of aromatic nitrogens is 3. The Labute approximate surface area is 145 Å². The van der Waals surface area contributed by atoms with Gasteiger partial charge in [-0.25, -0.2) is 14.5 Å². The maximum atomic E-state index is 13.1. The van der Waals surface area contributed by atoms with Crippen LogP contribution in [0.15, 0.2) is 30.6 Å². The van der Waals surface area contributed by atoms with Crippen LogP contribution in [0.1, 0.15) is 12.0 Å². The Morgan fingerprint density at radius 3 is 2.73 bits per heavy atom. The second-order valence-corrected chi connectivity index (χ2v) is 5.72. The van der Waals surface area contributed by atoms with Gasteiger partial charge in [0, 0.05) is 31.5 Å². The Balaban J connectivity index is 1.74. The molecule has 1 unspecified atom stereocenters.